The molecule has 1 N–H and O–H groups in total. The summed E-state index contributed by atoms with van der Waals surface area (Å²) < 4.78 is 10.2. The number of rotatable bonds is 0. The third-order valence-corrected chi connectivity index (χ3v) is 3.19. The van der Waals surface area contributed by atoms with Crippen LogP contribution >= 0.6 is 0 Å². The second-order valence-electron chi connectivity index (χ2n) is 5.94. The van der Waals surface area contributed by atoms with E-state index in [9.17, 15) is 9.59 Å². The van der Waals surface area contributed by atoms with Crippen molar-refractivity contribution in [3.8, 4) is 0 Å². The minimum absolute atomic E-state index is 0.319. The lowest BCUT2D eigenvalue weighted by Gasteiger charge is -2.34. The Morgan fingerprint density at radius 3 is 2.78 bits per heavy atom. The van der Waals surface area contributed by atoms with Crippen LogP contribution in [-0.4, -0.2) is 47.9 Å². The van der Waals surface area contributed by atoms with Crippen molar-refractivity contribution in [2.24, 2.45) is 0 Å². The maximum atomic E-state index is 11.9. The van der Waals surface area contributed by atoms with Crippen molar-refractivity contribution in [3.63, 3.8) is 0 Å². The fourth-order valence-corrected chi connectivity index (χ4v) is 2.32. The van der Waals surface area contributed by atoms with E-state index in [4.69, 9.17) is 9.47 Å². The van der Waals surface area contributed by atoms with Crippen LogP contribution in [0.15, 0.2) is 0 Å². The van der Waals surface area contributed by atoms with Gasteiger partial charge >= 0.3 is 12.2 Å². The minimum atomic E-state index is -0.494. The SMILES string of the molecule is CC(C)(C)OC(=O)N1CC[C@]2(CCOC(=O)N2)C1. The molecular weight excluding hydrogens is 236 g/mol. The smallest absolute Gasteiger partial charge is 0.410 e. The van der Waals surface area contributed by atoms with Crippen LogP contribution in [0.25, 0.3) is 0 Å². The molecule has 0 unspecified atom stereocenters. The number of nitrogens with zero attached hydrogens (tertiary/aromatic N) is 1. The van der Waals surface area contributed by atoms with Gasteiger partial charge in [-0.3, -0.25) is 0 Å². The van der Waals surface area contributed by atoms with Crippen LogP contribution in [0.5, 0.6) is 0 Å². The summed E-state index contributed by atoms with van der Waals surface area (Å²) in [5.41, 5.74) is -0.821. The second-order valence-corrected chi connectivity index (χ2v) is 5.94. The van der Waals surface area contributed by atoms with Gasteiger partial charge in [-0.15, -0.1) is 0 Å². The highest BCUT2D eigenvalue weighted by Gasteiger charge is 2.44. The van der Waals surface area contributed by atoms with Crippen LogP contribution in [0.2, 0.25) is 0 Å². The van der Waals surface area contributed by atoms with Gasteiger partial charge in [0.15, 0.2) is 0 Å². The molecule has 0 aromatic heterocycles. The average Bonchev–Trinajstić information content (AvgIpc) is 2.59. The molecule has 6 nitrogen and oxygen atoms in total. The number of hydrogen-bond donors (Lipinski definition) is 1. The summed E-state index contributed by atoms with van der Waals surface area (Å²) in [5, 5.41) is 2.83. The lowest BCUT2D eigenvalue weighted by Crippen LogP contribution is -2.55. The molecule has 0 aromatic rings. The number of ether oxygens (including phenoxy) is 2. The first kappa shape index (κ1) is 13.0. The van der Waals surface area contributed by atoms with Crippen LogP contribution in [0, 0.1) is 0 Å². The van der Waals surface area contributed by atoms with Gasteiger partial charge in [0.2, 0.25) is 0 Å². The van der Waals surface area contributed by atoms with Gasteiger partial charge in [0, 0.05) is 19.5 Å². The van der Waals surface area contributed by atoms with E-state index < -0.39 is 11.7 Å². The largest absolute Gasteiger partial charge is 0.449 e. The molecule has 2 saturated heterocycles. The number of cyclic esters (lactones) is 1. The Morgan fingerprint density at radius 1 is 1.44 bits per heavy atom. The van der Waals surface area contributed by atoms with Crippen LogP contribution in [-0.2, 0) is 9.47 Å². The first-order valence-electron chi connectivity index (χ1n) is 6.23. The highest BCUT2D eigenvalue weighted by Crippen LogP contribution is 2.28. The number of carbonyl (C=O) groups excluding carboxylic acids is 2. The van der Waals surface area contributed by atoms with E-state index in [1.165, 1.54) is 0 Å². The van der Waals surface area contributed by atoms with Gasteiger partial charge in [0.1, 0.15) is 5.60 Å². The van der Waals surface area contributed by atoms with E-state index >= 15 is 0 Å². The summed E-state index contributed by atoms with van der Waals surface area (Å²) >= 11 is 0. The Morgan fingerprint density at radius 2 is 2.17 bits per heavy atom. The molecule has 1 atom stereocenters. The third-order valence-electron chi connectivity index (χ3n) is 3.19. The number of nitrogens with one attached hydrogen (secondary N) is 1. The molecular formula is C12H20N2O4. The summed E-state index contributed by atoms with van der Waals surface area (Å²) in [7, 11) is 0. The van der Waals surface area contributed by atoms with Crippen LogP contribution < -0.4 is 5.32 Å². The molecule has 0 radical (unpaired) electrons. The van der Waals surface area contributed by atoms with Gasteiger partial charge in [0.25, 0.3) is 0 Å². The fraction of sp³-hybridized carbons (Fsp3) is 0.833. The molecule has 6 heteroatoms. The van der Waals surface area contributed by atoms with Gasteiger partial charge < -0.3 is 19.7 Å². The zero-order valence-electron chi connectivity index (χ0n) is 11.1. The van der Waals surface area contributed by atoms with Crippen molar-refractivity contribution in [2.75, 3.05) is 19.7 Å². The lowest BCUT2D eigenvalue weighted by atomic mass is 9.94. The van der Waals surface area contributed by atoms with Crippen molar-refractivity contribution in [1.82, 2.24) is 10.2 Å². The summed E-state index contributed by atoms with van der Waals surface area (Å²) in [6.45, 7) is 7.03. The highest BCUT2D eigenvalue weighted by atomic mass is 16.6. The molecule has 2 heterocycles. The van der Waals surface area contributed by atoms with Crippen LogP contribution in [0.3, 0.4) is 0 Å². The van der Waals surface area contributed by atoms with Crippen molar-refractivity contribution in [3.05, 3.63) is 0 Å². The van der Waals surface area contributed by atoms with Gasteiger partial charge in [-0.2, -0.15) is 0 Å². The lowest BCUT2D eigenvalue weighted by molar-refractivity contribution is 0.0261. The van der Waals surface area contributed by atoms with Crippen LogP contribution in [0.1, 0.15) is 33.6 Å². The Hall–Kier alpha value is -1.46. The number of likely N-dealkylation sites (tertiary alicyclic amines) is 1. The minimum Gasteiger partial charge on any atom is -0.449 e. The quantitative estimate of drug-likeness (QED) is 0.713. The molecule has 18 heavy (non-hydrogen) atoms. The third kappa shape index (κ3) is 2.86. The van der Waals surface area contributed by atoms with E-state index in [-0.39, 0.29) is 11.6 Å². The molecule has 102 valence electrons. The Balaban J connectivity index is 1.95. The van der Waals surface area contributed by atoms with Crippen molar-refractivity contribution < 1.29 is 19.1 Å². The van der Waals surface area contributed by atoms with Gasteiger partial charge in [0.05, 0.1) is 12.1 Å². The molecule has 0 aromatic carbocycles. The monoisotopic (exact) mass is 256 g/mol. The molecule has 2 fully saturated rings. The van der Waals surface area contributed by atoms with Gasteiger partial charge in [-0.1, -0.05) is 0 Å². The molecule has 1 spiro atoms. The Kier molecular flexibility index (Phi) is 3.12. The average molecular weight is 256 g/mol. The number of alkyl carbamates (subject to hydrolysis) is 1. The molecule has 0 saturated carbocycles. The van der Waals surface area contributed by atoms with E-state index in [2.05, 4.69) is 5.32 Å². The van der Waals surface area contributed by atoms with E-state index in [0.717, 1.165) is 12.8 Å². The number of carbonyl (C=O) groups is 2. The summed E-state index contributed by atoms with van der Waals surface area (Å²) in [4.78, 5) is 24.8. The molecule has 2 rings (SSSR count). The number of hydrogen-bond acceptors (Lipinski definition) is 4. The maximum absolute atomic E-state index is 11.9. The number of amides is 2. The topological polar surface area (TPSA) is 67.9 Å². The first-order valence-corrected chi connectivity index (χ1v) is 6.23. The van der Waals surface area contributed by atoms with Crippen molar-refractivity contribution >= 4 is 12.2 Å². The second kappa shape index (κ2) is 4.33. The highest BCUT2D eigenvalue weighted by molar-refractivity contribution is 5.71. The molecule has 0 aliphatic carbocycles. The Bertz CT molecular complexity index is 364. The normalized spacial score (nSPS) is 27.9. The van der Waals surface area contributed by atoms with Gasteiger partial charge in [-0.05, 0) is 27.2 Å². The van der Waals surface area contributed by atoms with Crippen molar-refractivity contribution in [2.45, 2.75) is 44.8 Å². The van der Waals surface area contributed by atoms with Crippen LogP contribution in [0.4, 0.5) is 9.59 Å². The summed E-state index contributed by atoms with van der Waals surface area (Å²) in [5.74, 6) is 0. The molecule has 2 aliphatic rings. The Labute approximate surface area is 107 Å². The zero-order valence-corrected chi connectivity index (χ0v) is 11.1. The predicted molar refractivity (Wildman–Crippen MR) is 64.3 cm³/mol. The zero-order chi connectivity index (χ0) is 13.4. The first-order chi connectivity index (χ1) is 8.30. The van der Waals surface area contributed by atoms with Gasteiger partial charge in [-0.25, -0.2) is 9.59 Å². The fourth-order valence-electron chi connectivity index (χ4n) is 2.32. The molecule has 0 bridgehead atoms. The summed E-state index contributed by atoms with van der Waals surface area (Å²) in [6.07, 6.45) is 0.770. The maximum Gasteiger partial charge on any atom is 0.410 e. The van der Waals surface area contributed by atoms with E-state index in [1.54, 1.807) is 4.90 Å². The standard InChI is InChI=1S/C12H20N2O4/c1-11(2,3)18-10(16)14-6-4-12(8-14)5-7-17-9(15)13-12/h4-8H2,1-3H3,(H,13,15)/t12-/m0/s1. The summed E-state index contributed by atoms with van der Waals surface area (Å²) in [6, 6.07) is 0. The molecule has 2 amide bonds. The van der Waals surface area contributed by atoms with E-state index in [1.807, 2.05) is 20.8 Å². The predicted octanol–water partition coefficient (Wildman–Crippen LogP) is 1.50. The molecule has 2 aliphatic heterocycles. The van der Waals surface area contributed by atoms with E-state index in [0.29, 0.717) is 19.7 Å². The van der Waals surface area contributed by atoms with Crippen molar-refractivity contribution in [1.29, 1.82) is 0 Å².